The zero-order valence-corrected chi connectivity index (χ0v) is 24.4. The van der Waals surface area contributed by atoms with Crippen LogP contribution in [0.3, 0.4) is 0 Å². The molecule has 0 aliphatic heterocycles. The largest absolute Gasteiger partial charge is 0.550 e. The first kappa shape index (κ1) is 41.0. The fourth-order valence-electron chi connectivity index (χ4n) is 2.44. The van der Waals surface area contributed by atoms with Crippen molar-refractivity contribution in [2.45, 2.75) is 26.7 Å². The molecule has 2 aromatic carbocycles. The second-order valence-corrected chi connectivity index (χ2v) is 6.23. The molecule has 0 aromatic heterocycles. The van der Waals surface area contributed by atoms with Gasteiger partial charge in [-0.1, -0.05) is 0 Å². The summed E-state index contributed by atoms with van der Waals surface area (Å²) in [7, 11) is 6.46. The van der Waals surface area contributed by atoms with E-state index >= 15 is 0 Å². The number of carbonyl (C=O) groups is 2. The van der Waals surface area contributed by atoms with Crippen molar-refractivity contribution in [3.63, 3.8) is 0 Å². The molecule has 2 aromatic rings. The van der Waals surface area contributed by atoms with E-state index in [2.05, 4.69) is 12.1 Å². The van der Waals surface area contributed by atoms with Crippen molar-refractivity contribution in [3.8, 4) is 23.0 Å². The van der Waals surface area contributed by atoms with Crippen molar-refractivity contribution in [2.75, 3.05) is 41.5 Å². The van der Waals surface area contributed by atoms with Gasteiger partial charge in [-0.25, -0.2) is 0 Å². The molecule has 2 rings (SSSR count). The summed E-state index contributed by atoms with van der Waals surface area (Å²) in [6, 6.07) is 13.4. The summed E-state index contributed by atoms with van der Waals surface area (Å²) >= 11 is 0. The first-order valence-electron chi connectivity index (χ1n) is 10.1. The number of aliphatic carboxylic acids is 2. The number of nitrogens with two attached hydrogens (primary N) is 2. The summed E-state index contributed by atoms with van der Waals surface area (Å²) in [5.74, 6) is 1.25. The molecule has 0 spiro atoms. The van der Waals surface area contributed by atoms with Gasteiger partial charge in [-0.05, 0) is 25.9 Å². The van der Waals surface area contributed by atoms with E-state index in [4.69, 9.17) is 50.2 Å². The molecule has 0 saturated carbocycles. The van der Waals surface area contributed by atoms with E-state index in [9.17, 15) is 0 Å². The Balaban J connectivity index is -0.000000211. The number of benzene rings is 2. The summed E-state index contributed by atoms with van der Waals surface area (Å²) in [6.45, 7) is 3.33. The average Bonchev–Trinajstić information content (AvgIpc) is 2.78. The van der Waals surface area contributed by atoms with Gasteiger partial charge in [0.1, 0.15) is 0 Å². The standard InChI is InChI=1S/2C10H14NO2.2C2H4O2.2Pd/c2*1-12-9-5-3-4-8(6-7-11)10(9)13-2;2*1-2(3)4;;/h2*3,5H,6-7,11H2,1-2H3;2*1H3,(H,3,4);;/q2*-1;;;;. The van der Waals surface area contributed by atoms with E-state index in [0.29, 0.717) is 13.1 Å². The van der Waals surface area contributed by atoms with Crippen LogP contribution in [-0.4, -0.2) is 63.7 Å². The molecule has 36 heavy (non-hydrogen) atoms. The molecule has 0 fully saturated rings. The average molecular weight is 693 g/mol. The summed E-state index contributed by atoms with van der Waals surface area (Å²) in [5.41, 5.74) is 12.8. The van der Waals surface area contributed by atoms with Gasteiger partial charge in [0.05, 0.1) is 51.4 Å². The minimum absolute atomic E-state index is 0. The fraction of sp³-hybridized carbons (Fsp3) is 0.417. The molecular weight excluding hydrogens is 657 g/mol. The van der Waals surface area contributed by atoms with Gasteiger partial charge in [-0.2, -0.15) is 24.3 Å². The van der Waals surface area contributed by atoms with Gasteiger partial charge in [0.25, 0.3) is 11.9 Å². The van der Waals surface area contributed by atoms with Gasteiger partial charge in [0, 0.05) is 54.7 Å². The number of carboxylic acids is 2. The van der Waals surface area contributed by atoms with Gasteiger partial charge >= 0.3 is 0 Å². The number of ether oxygens (including phenoxy) is 4. The molecule has 212 valence electrons. The van der Waals surface area contributed by atoms with E-state index in [1.807, 2.05) is 24.3 Å². The van der Waals surface area contributed by atoms with E-state index in [-0.39, 0.29) is 40.8 Å². The van der Waals surface area contributed by atoms with Crippen molar-refractivity contribution >= 4 is 11.9 Å². The van der Waals surface area contributed by atoms with Crippen LogP contribution in [0.15, 0.2) is 24.3 Å². The second-order valence-electron chi connectivity index (χ2n) is 6.23. The van der Waals surface area contributed by atoms with Gasteiger partial charge in [0.2, 0.25) is 0 Å². The molecule has 0 unspecified atom stereocenters. The number of hydrogen-bond acceptors (Lipinski definition) is 8. The van der Waals surface area contributed by atoms with Crippen molar-refractivity contribution < 1.29 is 79.6 Å². The van der Waals surface area contributed by atoms with Crippen LogP contribution in [0.2, 0.25) is 0 Å². The minimum Gasteiger partial charge on any atom is -0.550 e. The van der Waals surface area contributed by atoms with Gasteiger partial charge in [0.15, 0.2) is 0 Å². The van der Waals surface area contributed by atoms with Crippen LogP contribution < -0.4 is 30.4 Å². The molecule has 0 radical (unpaired) electrons. The topological polar surface area (TPSA) is 164 Å². The first-order chi connectivity index (χ1) is 16.1. The zero-order valence-electron chi connectivity index (χ0n) is 21.3. The molecule has 0 heterocycles. The Morgan fingerprint density at radius 3 is 1.19 bits per heavy atom. The normalized spacial score (nSPS) is 8.44. The molecular formula is C24H36N2O8Pd2-2. The predicted molar refractivity (Wildman–Crippen MR) is 129 cm³/mol. The summed E-state index contributed by atoms with van der Waals surface area (Å²) in [4.78, 5) is 18.0. The van der Waals surface area contributed by atoms with Gasteiger partial charge in [-0.3, -0.25) is 9.59 Å². The Hall–Kier alpha value is -2.18. The fourth-order valence-corrected chi connectivity index (χ4v) is 2.44. The zero-order chi connectivity index (χ0) is 26.5. The van der Waals surface area contributed by atoms with E-state index in [1.165, 1.54) is 0 Å². The Labute approximate surface area is 240 Å². The molecule has 0 bridgehead atoms. The number of hydrogen-bond donors (Lipinski definition) is 4. The first-order valence-corrected chi connectivity index (χ1v) is 10.1. The van der Waals surface area contributed by atoms with Crippen LogP contribution in [0.4, 0.5) is 0 Å². The maximum atomic E-state index is 9.00. The number of methoxy groups -OCH3 is 4. The maximum Gasteiger partial charge on any atom is 0.300 e. The third-order valence-corrected chi connectivity index (χ3v) is 3.62. The molecule has 0 atom stereocenters. The van der Waals surface area contributed by atoms with Crippen LogP contribution in [0.25, 0.3) is 0 Å². The monoisotopic (exact) mass is 692 g/mol. The quantitative estimate of drug-likeness (QED) is 0.238. The van der Waals surface area contributed by atoms with E-state index < -0.39 is 11.9 Å². The van der Waals surface area contributed by atoms with Crippen molar-refractivity contribution in [2.24, 2.45) is 11.5 Å². The predicted octanol–water partition coefficient (Wildman–Crippen LogP) is 2.19. The minimum atomic E-state index is -0.833. The second kappa shape index (κ2) is 25.9. The molecule has 0 saturated heterocycles. The smallest absolute Gasteiger partial charge is 0.300 e. The van der Waals surface area contributed by atoms with Crippen molar-refractivity contribution in [1.29, 1.82) is 0 Å². The van der Waals surface area contributed by atoms with Crippen molar-refractivity contribution in [3.05, 3.63) is 47.5 Å². The Morgan fingerprint density at radius 1 is 0.722 bits per heavy atom. The molecule has 10 nitrogen and oxygen atoms in total. The Kier molecular flexibility index (Phi) is 29.5. The summed E-state index contributed by atoms with van der Waals surface area (Å²) in [6.07, 6.45) is 1.50. The van der Waals surface area contributed by atoms with Crippen LogP contribution >= 0.6 is 0 Å². The van der Waals surface area contributed by atoms with Crippen LogP contribution in [0, 0.1) is 12.1 Å². The Bertz CT molecular complexity index is 777. The van der Waals surface area contributed by atoms with Gasteiger partial charge < -0.3 is 40.6 Å². The molecule has 6 N–H and O–H groups in total. The molecule has 0 aliphatic rings. The van der Waals surface area contributed by atoms with Crippen molar-refractivity contribution in [1.82, 2.24) is 0 Å². The SMILES string of the molecule is CC(=O)O.CC(=O)O.COc1cc[c-]c(CCN)c1OC.COc1cc[c-]c(CCN)c1OC.[Pd].[Pd]. The van der Waals surface area contributed by atoms with E-state index in [0.717, 1.165) is 60.8 Å². The maximum absolute atomic E-state index is 9.00. The van der Waals surface area contributed by atoms with E-state index in [1.54, 1.807) is 28.4 Å². The number of carboxylic acid groups (broad SMARTS) is 2. The third kappa shape index (κ3) is 19.1. The number of rotatable bonds is 8. The van der Waals surface area contributed by atoms with Crippen LogP contribution in [0.1, 0.15) is 25.0 Å². The van der Waals surface area contributed by atoms with Crippen LogP contribution in [0.5, 0.6) is 23.0 Å². The van der Waals surface area contributed by atoms with Gasteiger partial charge in [-0.15, -0.1) is 23.3 Å². The summed E-state index contributed by atoms with van der Waals surface area (Å²) in [5, 5.41) is 14.8. The Morgan fingerprint density at radius 2 is 1.00 bits per heavy atom. The third-order valence-electron chi connectivity index (χ3n) is 3.62. The van der Waals surface area contributed by atoms with Crippen LogP contribution in [-0.2, 0) is 63.3 Å². The molecule has 12 heteroatoms. The molecule has 0 aliphatic carbocycles. The molecule has 0 amide bonds. The summed E-state index contributed by atoms with van der Waals surface area (Å²) < 4.78 is 20.7.